The number of aliphatic hydroxyl groups is 1. The van der Waals surface area contributed by atoms with Crippen LogP contribution in [0, 0.1) is 0 Å². The smallest absolute Gasteiger partial charge is 0.103 e. The molecule has 1 saturated heterocycles. The Morgan fingerprint density at radius 1 is 1.25 bits per heavy atom. The maximum absolute atomic E-state index is 10.1. The first-order valence-corrected chi connectivity index (χ1v) is 4.30. The van der Waals surface area contributed by atoms with Crippen molar-refractivity contribution in [1.82, 2.24) is 5.32 Å². The molecule has 1 atom stereocenters. The van der Waals surface area contributed by atoms with Gasteiger partial charge in [0.15, 0.2) is 0 Å². The van der Waals surface area contributed by atoms with E-state index in [-0.39, 0.29) is 0 Å². The van der Waals surface area contributed by atoms with Crippen molar-refractivity contribution in [3.63, 3.8) is 0 Å². The Kier molecular flexibility index (Phi) is 1.87. The van der Waals surface area contributed by atoms with Crippen molar-refractivity contribution in [2.24, 2.45) is 0 Å². The lowest BCUT2D eigenvalue weighted by Crippen LogP contribution is -2.27. The van der Waals surface area contributed by atoms with E-state index in [9.17, 15) is 5.11 Å². The largest absolute Gasteiger partial charge is 0.384 e. The molecule has 0 amide bonds. The molecule has 0 spiro atoms. The van der Waals surface area contributed by atoms with E-state index >= 15 is 0 Å². The van der Waals surface area contributed by atoms with Gasteiger partial charge in [-0.2, -0.15) is 0 Å². The third-order valence-corrected chi connectivity index (χ3v) is 2.44. The molecule has 0 aliphatic carbocycles. The van der Waals surface area contributed by atoms with Crippen LogP contribution in [0.15, 0.2) is 30.3 Å². The molecule has 1 aromatic rings. The first kappa shape index (κ1) is 7.77. The summed E-state index contributed by atoms with van der Waals surface area (Å²) in [6.45, 7) is 1.59. The summed E-state index contributed by atoms with van der Waals surface area (Å²) in [5.41, 5.74) is 0.399. The van der Waals surface area contributed by atoms with Gasteiger partial charge < -0.3 is 10.4 Å². The van der Waals surface area contributed by atoms with E-state index in [4.69, 9.17) is 0 Å². The van der Waals surface area contributed by atoms with Crippen LogP contribution in [0.2, 0.25) is 0 Å². The zero-order chi connectivity index (χ0) is 8.44. The molecule has 0 unspecified atom stereocenters. The Morgan fingerprint density at radius 2 is 2.00 bits per heavy atom. The second kappa shape index (κ2) is 2.88. The number of hydrogen-bond donors (Lipinski definition) is 2. The molecule has 1 aliphatic heterocycles. The lowest BCUT2D eigenvalue weighted by Gasteiger charge is -2.21. The summed E-state index contributed by atoms with van der Waals surface area (Å²) in [6.07, 6.45) is 0.816. The molecule has 0 aromatic heterocycles. The van der Waals surface area contributed by atoms with Crippen LogP contribution in [-0.2, 0) is 5.60 Å². The second-order valence-corrected chi connectivity index (χ2v) is 3.32. The van der Waals surface area contributed by atoms with Gasteiger partial charge in [0.2, 0.25) is 0 Å². The molecule has 1 fully saturated rings. The highest BCUT2D eigenvalue weighted by molar-refractivity contribution is 5.23. The minimum Gasteiger partial charge on any atom is -0.384 e. The molecule has 0 saturated carbocycles. The number of nitrogens with one attached hydrogen (secondary N) is 1. The fourth-order valence-electron chi connectivity index (χ4n) is 1.67. The summed E-state index contributed by atoms with van der Waals surface area (Å²) in [6, 6.07) is 9.85. The van der Waals surface area contributed by atoms with E-state index in [0.29, 0.717) is 6.54 Å². The topological polar surface area (TPSA) is 32.3 Å². The molecule has 0 radical (unpaired) electrons. The maximum atomic E-state index is 10.1. The molecule has 2 N–H and O–H groups in total. The number of β-amino-alcohol motifs (C(OH)–C–C–N with tert-alkyl or cyclic N) is 1. The van der Waals surface area contributed by atoms with Gasteiger partial charge in [0.1, 0.15) is 5.60 Å². The molecule has 2 heteroatoms. The highest BCUT2D eigenvalue weighted by Gasteiger charge is 2.32. The molecule has 12 heavy (non-hydrogen) atoms. The summed E-state index contributed by atoms with van der Waals surface area (Å²) >= 11 is 0. The highest BCUT2D eigenvalue weighted by Crippen LogP contribution is 2.26. The molecule has 1 aromatic carbocycles. The lowest BCUT2D eigenvalue weighted by atomic mass is 9.93. The lowest BCUT2D eigenvalue weighted by molar-refractivity contribution is 0.0587. The predicted octanol–water partition coefficient (Wildman–Crippen LogP) is 0.867. The molecular formula is C10H13NO. The summed E-state index contributed by atoms with van der Waals surface area (Å²) < 4.78 is 0. The Morgan fingerprint density at radius 3 is 2.58 bits per heavy atom. The summed E-state index contributed by atoms with van der Waals surface area (Å²) in [4.78, 5) is 0. The van der Waals surface area contributed by atoms with Gasteiger partial charge in [-0.15, -0.1) is 0 Å². The predicted molar refractivity (Wildman–Crippen MR) is 47.8 cm³/mol. The molecule has 1 aliphatic rings. The summed E-state index contributed by atoms with van der Waals surface area (Å²) in [7, 11) is 0. The van der Waals surface area contributed by atoms with E-state index in [1.54, 1.807) is 0 Å². The Bertz CT molecular complexity index is 252. The van der Waals surface area contributed by atoms with Crippen LogP contribution >= 0.6 is 0 Å². The number of hydrogen-bond acceptors (Lipinski definition) is 2. The van der Waals surface area contributed by atoms with Gasteiger partial charge in [-0.3, -0.25) is 0 Å². The molecule has 64 valence electrons. The summed E-state index contributed by atoms with van der Waals surface area (Å²) in [5, 5.41) is 13.3. The minimum atomic E-state index is -0.624. The molecule has 1 heterocycles. The minimum absolute atomic E-state index is 0.624. The van der Waals surface area contributed by atoms with Gasteiger partial charge in [-0.1, -0.05) is 30.3 Å². The monoisotopic (exact) mass is 163 g/mol. The SMILES string of the molecule is O[C@@]1(c2ccccc2)CCNC1. The quantitative estimate of drug-likeness (QED) is 0.643. The highest BCUT2D eigenvalue weighted by atomic mass is 16.3. The van der Waals surface area contributed by atoms with Gasteiger partial charge in [-0.25, -0.2) is 0 Å². The molecule has 0 bridgehead atoms. The van der Waals surface area contributed by atoms with E-state index in [1.165, 1.54) is 0 Å². The van der Waals surface area contributed by atoms with Crippen molar-refractivity contribution in [3.05, 3.63) is 35.9 Å². The Hall–Kier alpha value is -0.860. The molecule has 2 rings (SSSR count). The second-order valence-electron chi connectivity index (χ2n) is 3.32. The summed E-state index contributed by atoms with van der Waals surface area (Å²) in [5.74, 6) is 0. The standard InChI is InChI=1S/C10H13NO/c12-10(6-7-11-8-10)9-4-2-1-3-5-9/h1-5,11-12H,6-8H2/t10-/m0/s1. The van der Waals surface area contributed by atoms with Crippen LogP contribution in [0.3, 0.4) is 0 Å². The Balaban J connectivity index is 2.29. The van der Waals surface area contributed by atoms with Gasteiger partial charge in [0, 0.05) is 6.54 Å². The van der Waals surface area contributed by atoms with Crippen LogP contribution in [0.4, 0.5) is 0 Å². The van der Waals surface area contributed by atoms with Crippen molar-refractivity contribution in [1.29, 1.82) is 0 Å². The van der Waals surface area contributed by atoms with Crippen LogP contribution in [0.1, 0.15) is 12.0 Å². The average molecular weight is 163 g/mol. The zero-order valence-electron chi connectivity index (χ0n) is 6.96. The third kappa shape index (κ3) is 1.24. The maximum Gasteiger partial charge on any atom is 0.103 e. The van der Waals surface area contributed by atoms with Crippen molar-refractivity contribution >= 4 is 0 Å². The van der Waals surface area contributed by atoms with E-state index < -0.39 is 5.60 Å². The first-order chi connectivity index (χ1) is 5.81. The normalized spacial score (nSPS) is 29.1. The van der Waals surface area contributed by atoms with E-state index in [0.717, 1.165) is 18.5 Å². The van der Waals surface area contributed by atoms with Crippen LogP contribution in [0.5, 0.6) is 0 Å². The number of benzene rings is 1. The van der Waals surface area contributed by atoms with Gasteiger partial charge >= 0.3 is 0 Å². The molecule has 2 nitrogen and oxygen atoms in total. The van der Waals surface area contributed by atoms with Gasteiger partial charge in [0.05, 0.1) is 0 Å². The fraction of sp³-hybridized carbons (Fsp3) is 0.400. The number of rotatable bonds is 1. The molecular weight excluding hydrogens is 150 g/mol. The average Bonchev–Trinajstić information content (AvgIpc) is 2.55. The van der Waals surface area contributed by atoms with Crippen molar-refractivity contribution in [2.45, 2.75) is 12.0 Å². The van der Waals surface area contributed by atoms with E-state index in [1.807, 2.05) is 30.3 Å². The Labute approximate surface area is 72.2 Å². The van der Waals surface area contributed by atoms with Gasteiger partial charge in [-0.05, 0) is 18.5 Å². The fourth-order valence-corrected chi connectivity index (χ4v) is 1.67. The van der Waals surface area contributed by atoms with Crippen molar-refractivity contribution < 1.29 is 5.11 Å². The third-order valence-electron chi connectivity index (χ3n) is 2.44. The van der Waals surface area contributed by atoms with Crippen molar-refractivity contribution in [3.8, 4) is 0 Å². The van der Waals surface area contributed by atoms with Crippen LogP contribution in [-0.4, -0.2) is 18.2 Å². The van der Waals surface area contributed by atoms with Gasteiger partial charge in [0.25, 0.3) is 0 Å². The van der Waals surface area contributed by atoms with Crippen molar-refractivity contribution in [2.75, 3.05) is 13.1 Å². The zero-order valence-corrected chi connectivity index (χ0v) is 6.96. The van der Waals surface area contributed by atoms with E-state index in [2.05, 4.69) is 5.32 Å². The van der Waals surface area contributed by atoms with Crippen LogP contribution < -0.4 is 5.32 Å². The first-order valence-electron chi connectivity index (χ1n) is 4.30. The van der Waals surface area contributed by atoms with Crippen LogP contribution in [0.25, 0.3) is 0 Å².